The third kappa shape index (κ3) is 5.80. The molecule has 0 saturated heterocycles. The van der Waals surface area contributed by atoms with Gasteiger partial charge in [0.25, 0.3) is 0 Å². The van der Waals surface area contributed by atoms with Gasteiger partial charge < -0.3 is 14.6 Å². The number of hydrogen-bond donors (Lipinski definition) is 1. The van der Waals surface area contributed by atoms with E-state index in [0.717, 1.165) is 27.6 Å². The maximum absolute atomic E-state index is 12.3. The predicted molar refractivity (Wildman–Crippen MR) is 122 cm³/mol. The molecular weight excluding hydrogens is 473 g/mol. The summed E-state index contributed by atoms with van der Waals surface area (Å²) in [5, 5.41) is 4.36. The van der Waals surface area contributed by atoms with Gasteiger partial charge >= 0.3 is 0 Å². The molecule has 0 aliphatic heterocycles. The summed E-state index contributed by atoms with van der Waals surface area (Å²) in [7, 11) is 2.68. The zero-order chi connectivity index (χ0) is 18.4. The van der Waals surface area contributed by atoms with E-state index in [4.69, 9.17) is 4.42 Å². The molecule has 0 aliphatic rings. The highest BCUT2D eigenvalue weighted by Crippen LogP contribution is 2.19. The molecular formula is C20H24IN3O2S. The smallest absolute Gasteiger partial charge is 0.193 e. The lowest BCUT2D eigenvalue weighted by molar-refractivity contribution is 0.413. The minimum absolute atomic E-state index is 0. The molecule has 0 amide bonds. The van der Waals surface area contributed by atoms with Crippen LogP contribution in [0.4, 0.5) is 0 Å². The van der Waals surface area contributed by atoms with E-state index in [1.807, 2.05) is 72.6 Å². The van der Waals surface area contributed by atoms with Gasteiger partial charge in [0.2, 0.25) is 0 Å². The van der Waals surface area contributed by atoms with Gasteiger partial charge in [-0.05, 0) is 24.3 Å². The minimum Gasteiger partial charge on any atom is -0.459 e. The summed E-state index contributed by atoms with van der Waals surface area (Å²) >= 11 is 0. The lowest BCUT2D eigenvalue weighted by atomic mass is 10.2. The van der Waals surface area contributed by atoms with E-state index in [2.05, 4.69) is 10.3 Å². The van der Waals surface area contributed by atoms with Crippen molar-refractivity contribution in [2.24, 2.45) is 4.99 Å². The molecule has 0 aliphatic carbocycles. The summed E-state index contributed by atoms with van der Waals surface area (Å²) in [6, 6.07) is 19.5. The van der Waals surface area contributed by atoms with Crippen molar-refractivity contribution in [3.8, 4) is 0 Å². The van der Waals surface area contributed by atoms with E-state index in [9.17, 15) is 4.21 Å². The Bertz CT molecular complexity index is 879. The fourth-order valence-electron chi connectivity index (χ4n) is 2.75. The third-order valence-electron chi connectivity index (χ3n) is 4.02. The van der Waals surface area contributed by atoms with Crippen LogP contribution >= 0.6 is 24.0 Å². The molecule has 3 aromatic rings. The molecule has 0 spiro atoms. The van der Waals surface area contributed by atoms with E-state index in [0.29, 0.717) is 18.8 Å². The van der Waals surface area contributed by atoms with Crippen molar-refractivity contribution in [2.75, 3.05) is 26.4 Å². The van der Waals surface area contributed by atoms with Crippen LogP contribution < -0.4 is 5.32 Å². The summed E-state index contributed by atoms with van der Waals surface area (Å²) < 4.78 is 18.1. The van der Waals surface area contributed by atoms with Crippen LogP contribution in [-0.4, -0.2) is 41.5 Å². The first kappa shape index (κ1) is 21.4. The van der Waals surface area contributed by atoms with E-state index in [-0.39, 0.29) is 24.0 Å². The lowest BCUT2D eigenvalue weighted by Gasteiger charge is -2.20. The van der Waals surface area contributed by atoms with Gasteiger partial charge in [0.05, 0.1) is 17.3 Å². The highest BCUT2D eigenvalue weighted by Gasteiger charge is 2.11. The van der Waals surface area contributed by atoms with Gasteiger partial charge in [-0.1, -0.05) is 36.4 Å². The molecule has 1 aromatic heterocycles. The van der Waals surface area contributed by atoms with Gasteiger partial charge in [-0.25, -0.2) is 0 Å². The monoisotopic (exact) mass is 497 g/mol. The molecule has 7 heteroatoms. The predicted octanol–water partition coefficient (Wildman–Crippen LogP) is 3.87. The van der Waals surface area contributed by atoms with Crippen molar-refractivity contribution in [2.45, 2.75) is 11.4 Å². The number of nitrogens with zero attached hydrogens (tertiary/aromatic N) is 2. The maximum atomic E-state index is 12.3. The van der Waals surface area contributed by atoms with Crippen LogP contribution in [0.3, 0.4) is 0 Å². The largest absolute Gasteiger partial charge is 0.459 e. The van der Waals surface area contributed by atoms with Crippen LogP contribution in [-0.2, 0) is 17.3 Å². The third-order valence-corrected chi connectivity index (χ3v) is 5.39. The van der Waals surface area contributed by atoms with Crippen molar-refractivity contribution in [3.63, 3.8) is 0 Å². The Hall–Kier alpha value is -1.87. The van der Waals surface area contributed by atoms with Crippen LogP contribution in [0.5, 0.6) is 0 Å². The highest BCUT2D eigenvalue weighted by atomic mass is 127. The van der Waals surface area contributed by atoms with Crippen LogP contribution in [0.15, 0.2) is 75.0 Å². The van der Waals surface area contributed by atoms with Crippen LogP contribution in [0.1, 0.15) is 5.76 Å². The molecule has 0 bridgehead atoms. The van der Waals surface area contributed by atoms with Gasteiger partial charge in [-0.3, -0.25) is 9.20 Å². The number of furan rings is 1. The van der Waals surface area contributed by atoms with Crippen LogP contribution in [0.2, 0.25) is 0 Å². The Morgan fingerprint density at radius 3 is 2.56 bits per heavy atom. The van der Waals surface area contributed by atoms with E-state index in [1.54, 1.807) is 7.05 Å². The van der Waals surface area contributed by atoms with Gasteiger partial charge in [-0.2, -0.15) is 0 Å². The van der Waals surface area contributed by atoms with E-state index < -0.39 is 10.8 Å². The Balaban J connectivity index is 0.00000261. The van der Waals surface area contributed by atoms with Crippen molar-refractivity contribution in [1.82, 2.24) is 10.2 Å². The number of para-hydroxylation sites is 1. The second-order valence-corrected chi connectivity index (χ2v) is 7.51. The van der Waals surface area contributed by atoms with Gasteiger partial charge in [-0.15, -0.1) is 24.0 Å². The summed E-state index contributed by atoms with van der Waals surface area (Å²) in [6.07, 6.45) is 0. The first-order valence-corrected chi connectivity index (χ1v) is 9.82. The average Bonchev–Trinajstić information content (AvgIpc) is 3.07. The molecule has 144 valence electrons. The number of benzene rings is 2. The number of hydrogen-bond acceptors (Lipinski definition) is 3. The molecule has 1 unspecified atom stereocenters. The first-order valence-electron chi connectivity index (χ1n) is 8.50. The molecule has 1 heterocycles. The van der Waals surface area contributed by atoms with Gasteiger partial charge in [0.1, 0.15) is 11.3 Å². The van der Waals surface area contributed by atoms with Crippen molar-refractivity contribution in [1.29, 1.82) is 0 Å². The van der Waals surface area contributed by atoms with E-state index in [1.165, 1.54) is 0 Å². The standard InChI is InChI=1S/C20H23N3O2S.HI/c1-21-20(22-12-13-26(24)18-9-4-3-5-10-18)23(2)15-17-14-16-8-6-7-11-19(16)25-17;/h3-11,14H,12-13,15H2,1-2H3,(H,21,22);1H. The number of nitrogens with one attached hydrogen (secondary N) is 1. The number of aliphatic imine (C=N–C) groups is 1. The summed E-state index contributed by atoms with van der Waals surface area (Å²) in [5.74, 6) is 2.15. The van der Waals surface area contributed by atoms with E-state index >= 15 is 0 Å². The Kier molecular flexibility index (Phi) is 8.30. The highest BCUT2D eigenvalue weighted by molar-refractivity contribution is 14.0. The quantitative estimate of drug-likeness (QED) is 0.319. The number of halogens is 1. The summed E-state index contributed by atoms with van der Waals surface area (Å²) in [4.78, 5) is 7.13. The number of rotatable bonds is 6. The normalized spacial score (nSPS) is 12.4. The van der Waals surface area contributed by atoms with Crippen molar-refractivity contribution >= 4 is 51.7 Å². The van der Waals surface area contributed by atoms with Crippen molar-refractivity contribution in [3.05, 3.63) is 66.4 Å². The van der Waals surface area contributed by atoms with Gasteiger partial charge in [0, 0.05) is 36.7 Å². The summed E-state index contributed by atoms with van der Waals surface area (Å²) in [6.45, 7) is 1.19. The molecule has 1 atom stereocenters. The molecule has 0 fully saturated rings. The maximum Gasteiger partial charge on any atom is 0.193 e. The number of guanidine groups is 1. The molecule has 2 aromatic carbocycles. The zero-order valence-electron chi connectivity index (χ0n) is 15.4. The first-order chi connectivity index (χ1) is 12.7. The Labute approximate surface area is 179 Å². The molecule has 1 N–H and O–H groups in total. The van der Waals surface area contributed by atoms with Crippen LogP contribution in [0, 0.1) is 0 Å². The minimum atomic E-state index is -1.02. The SMILES string of the molecule is CN=C(NCCS(=O)c1ccccc1)N(C)Cc1cc2ccccc2o1.I. The Morgan fingerprint density at radius 2 is 1.85 bits per heavy atom. The fraction of sp³-hybridized carbons (Fsp3) is 0.250. The second kappa shape index (κ2) is 10.5. The second-order valence-electron chi connectivity index (χ2n) is 5.94. The number of fused-ring (bicyclic) bond motifs is 1. The van der Waals surface area contributed by atoms with Crippen LogP contribution in [0.25, 0.3) is 11.0 Å². The van der Waals surface area contributed by atoms with Crippen molar-refractivity contribution < 1.29 is 8.63 Å². The molecule has 27 heavy (non-hydrogen) atoms. The molecule has 0 saturated carbocycles. The molecule has 3 rings (SSSR count). The molecule has 0 radical (unpaired) electrons. The van der Waals surface area contributed by atoms with Gasteiger partial charge in [0.15, 0.2) is 5.96 Å². The lowest BCUT2D eigenvalue weighted by Crippen LogP contribution is -2.40. The fourth-order valence-corrected chi connectivity index (χ4v) is 3.74. The topological polar surface area (TPSA) is 57.8 Å². The average molecular weight is 497 g/mol. The summed E-state index contributed by atoms with van der Waals surface area (Å²) in [5.41, 5.74) is 0.886. The zero-order valence-corrected chi connectivity index (χ0v) is 18.6. The Morgan fingerprint density at radius 1 is 1.15 bits per heavy atom. The molecule has 5 nitrogen and oxygen atoms in total.